The minimum atomic E-state index is -3.11. The Morgan fingerprint density at radius 2 is 2.25 bits per heavy atom. The molecule has 1 heterocycles. The van der Waals surface area contributed by atoms with Crippen molar-refractivity contribution in [3.05, 3.63) is 26.4 Å². The number of hydrogen-bond donors (Lipinski definition) is 2. The summed E-state index contributed by atoms with van der Waals surface area (Å²) < 4.78 is 21.5. The largest absolute Gasteiger partial charge is 0.329 e. The number of aromatic amines is 1. The highest BCUT2D eigenvalue weighted by molar-refractivity contribution is 5.99. The zero-order valence-electron chi connectivity index (χ0n) is 11.2. The van der Waals surface area contributed by atoms with Crippen molar-refractivity contribution in [2.24, 2.45) is 12.9 Å². The molecule has 0 aliphatic carbocycles. The Morgan fingerprint density at radius 1 is 1.62 bits per heavy atom. The summed E-state index contributed by atoms with van der Waals surface area (Å²) in [5.41, 5.74) is -2.98. The molecule has 0 bridgehead atoms. The van der Waals surface area contributed by atoms with Gasteiger partial charge in [0.25, 0.3) is 5.56 Å². The van der Waals surface area contributed by atoms with Crippen LogP contribution in [0, 0.1) is 0 Å². The van der Waals surface area contributed by atoms with Crippen molar-refractivity contribution in [2.45, 2.75) is 6.85 Å². The molecule has 0 aliphatic heterocycles. The highest BCUT2D eigenvalue weighted by atomic mass is 16.2. The van der Waals surface area contributed by atoms with Crippen molar-refractivity contribution in [3.63, 3.8) is 0 Å². The first-order chi connectivity index (χ1) is 8.61. The molecule has 1 amide bonds. The van der Waals surface area contributed by atoms with E-state index >= 15 is 0 Å². The number of carbonyl (C=O) groups is 2. The molecule has 8 heteroatoms. The fourth-order valence-electron chi connectivity index (χ4n) is 1.06. The lowest BCUT2D eigenvalue weighted by atomic mass is 10.2. The smallest absolute Gasteiger partial charge is 0.294 e. The predicted octanol–water partition coefficient (Wildman–Crippen LogP) is -1.89. The number of nitrogens with two attached hydrogens (primary N) is 1. The summed E-state index contributed by atoms with van der Waals surface area (Å²) in [6, 6.07) is 0. The summed E-state index contributed by atoms with van der Waals surface area (Å²) in [6.45, 7) is -3.11. The van der Waals surface area contributed by atoms with Crippen molar-refractivity contribution in [3.8, 4) is 0 Å². The number of aromatic nitrogens is 2. The number of nitrogens with one attached hydrogen (secondary N) is 1. The van der Waals surface area contributed by atoms with Crippen LogP contribution >= 0.6 is 0 Å². The Balaban J connectivity index is 3.75. The molecule has 8 nitrogen and oxygen atoms in total. The van der Waals surface area contributed by atoms with E-state index in [1.807, 2.05) is 4.98 Å². The van der Waals surface area contributed by atoms with E-state index in [0.29, 0.717) is 4.57 Å². The zero-order chi connectivity index (χ0) is 15.0. The maximum atomic E-state index is 11.8. The highest BCUT2D eigenvalue weighted by Crippen LogP contribution is 2.07. The SMILES string of the molecule is [2H]C([2H])([2H])C(=O)c1c(N(N)C=O)[nH]c(=O)n(C)c1=O. The van der Waals surface area contributed by atoms with Gasteiger partial charge in [-0.3, -0.25) is 23.9 Å². The zero-order valence-corrected chi connectivity index (χ0v) is 8.18. The van der Waals surface area contributed by atoms with E-state index in [0.717, 1.165) is 7.05 Å². The molecule has 0 radical (unpaired) electrons. The maximum Gasteiger partial charge on any atom is 0.329 e. The van der Waals surface area contributed by atoms with Crippen LogP contribution in [0.2, 0.25) is 0 Å². The summed E-state index contributed by atoms with van der Waals surface area (Å²) in [6.07, 6.45) is 0.0149. The van der Waals surface area contributed by atoms with Crippen LogP contribution in [0.15, 0.2) is 9.59 Å². The molecule has 0 fully saturated rings. The summed E-state index contributed by atoms with van der Waals surface area (Å²) in [5.74, 6) is 3.00. The molecule has 0 spiro atoms. The van der Waals surface area contributed by atoms with Gasteiger partial charge in [0, 0.05) is 11.2 Å². The minimum Gasteiger partial charge on any atom is -0.294 e. The fourth-order valence-corrected chi connectivity index (χ4v) is 1.06. The first kappa shape index (κ1) is 7.99. The number of rotatable bonds is 3. The van der Waals surface area contributed by atoms with Gasteiger partial charge in [0.2, 0.25) is 6.41 Å². The lowest BCUT2D eigenvalue weighted by Gasteiger charge is -2.13. The lowest BCUT2D eigenvalue weighted by Crippen LogP contribution is -2.42. The second-order valence-electron chi connectivity index (χ2n) is 2.86. The van der Waals surface area contributed by atoms with Crippen LogP contribution in [-0.2, 0) is 11.8 Å². The summed E-state index contributed by atoms with van der Waals surface area (Å²) >= 11 is 0. The third-order valence-corrected chi connectivity index (χ3v) is 1.88. The quantitative estimate of drug-likeness (QED) is 0.206. The number of anilines is 1. The molecular formula is C8H10N4O4. The van der Waals surface area contributed by atoms with Gasteiger partial charge in [0.05, 0.1) is 0 Å². The van der Waals surface area contributed by atoms with Gasteiger partial charge >= 0.3 is 5.69 Å². The Kier molecular flexibility index (Phi) is 2.05. The van der Waals surface area contributed by atoms with E-state index in [1.165, 1.54) is 0 Å². The van der Waals surface area contributed by atoms with Crippen molar-refractivity contribution in [1.29, 1.82) is 0 Å². The van der Waals surface area contributed by atoms with Gasteiger partial charge in [-0.05, 0) is 6.85 Å². The molecule has 1 aromatic heterocycles. The molecule has 1 rings (SSSR count). The van der Waals surface area contributed by atoms with E-state index in [1.54, 1.807) is 0 Å². The normalized spacial score (nSPS) is 13.5. The summed E-state index contributed by atoms with van der Waals surface area (Å²) in [7, 11) is 1.04. The number of hydrazine groups is 1. The number of amides is 1. The monoisotopic (exact) mass is 229 g/mol. The molecule has 0 unspecified atom stereocenters. The van der Waals surface area contributed by atoms with Gasteiger partial charge in [-0.25, -0.2) is 15.6 Å². The number of ketones is 1. The van der Waals surface area contributed by atoms with E-state index in [4.69, 9.17) is 9.95 Å². The first-order valence-corrected chi connectivity index (χ1v) is 3.98. The molecule has 0 aromatic carbocycles. The second-order valence-corrected chi connectivity index (χ2v) is 2.86. The molecule has 16 heavy (non-hydrogen) atoms. The van der Waals surface area contributed by atoms with Crippen LogP contribution < -0.4 is 22.1 Å². The molecule has 1 aromatic rings. The minimum absolute atomic E-state index is 0.0149. The average Bonchev–Trinajstić information content (AvgIpc) is 2.32. The van der Waals surface area contributed by atoms with E-state index in [-0.39, 0.29) is 11.4 Å². The third kappa shape index (κ3) is 1.77. The van der Waals surface area contributed by atoms with E-state index in [9.17, 15) is 19.2 Å². The Labute approximate surface area is 93.5 Å². The van der Waals surface area contributed by atoms with Crippen LogP contribution in [0.3, 0.4) is 0 Å². The van der Waals surface area contributed by atoms with Crippen LogP contribution in [0.25, 0.3) is 0 Å². The summed E-state index contributed by atoms with van der Waals surface area (Å²) in [4.78, 5) is 47.4. The van der Waals surface area contributed by atoms with Crippen molar-refractivity contribution in [1.82, 2.24) is 9.55 Å². The molecule has 86 valence electrons. The van der Waals surface area contributed by atoms with Gasteiger partial charge in [-0.2, -0.15) is 0 Å². The molecule has 0 aliphatic rings. The third-order valence-electron chi connectivity index (χ3n) is 1.88. The molecule has 0 atom stereocenters. The maximum absolute atomic E-state index is 11.8. The number of hydrogen-bond acceptors (Lipinski definition) is 5. The van der Waals surface area contributed by atoms with Crippen molar-refractivity contribution >= 4 is 18.0 Å². The second kappa shape index (κ2) is 4.11. The van der Waals surface area contributed by atoms with Crippen molar-refractivity contribution in [2.75, 3.05) is 5.01 Å². The predicted molar refractivity (Wildman–Crippen MR) is 55.0 cm³/mol. The topological polar surface area (TPSA) is 118 Å². The Hall–Kier alpha value is -2.22. The number of nitrogens with zero attached hydrogens (tertiary/aromatic N) is 2. The van der Waals surface area contributed by atoms with E-state index < -0.39 is 35.3 Å². The Morgan fingerprint density at radius 3 is 2.75 bits per heavy atom. The van der Waals surface area contributed by atoms with Crippen LogP contribution in [0.1, 0.15) is 21.3 Å². The molecule has 0 saturated heterocycles. The van der Waals surface area contributed by atoms with Gasteiger partial charge in [0.1, 0.15) is 11.4 Å². The van der Waals surface area contributed by atoms with Gasteiger partial charge < -0.3 is 0 Å². The van der Waals surface area contributed by atoms with Crippen LogP contribution in [0.4, 0.5) is 5.82 Å². The van der Waals surface area contributed by atoms with Crippen LogP contribution in [-0.4, -0.2) is 21.7 Å². The van der Waals surface area contributed by atoms with Gasteiger partial charge in [0.15, 0.2) is 5.78 Å². The van der Waals surface area contributed by atoms with Crippen LogP contribution in [0.5, 0.6) is 0 Å². The van der Waals surface area contributed by atoms with Gasteiger partial charge in [-0.15, -0.1) is 0 Å². The fraction of sp³-hybridized carbons (Fsp3) is 0.250. The van der Waals surface area contributed by atoms with E-state index in [2.05, 4.69) is 0 Å². The molecule has 0 saturated carbocycles. The number of carbonyl (C=O) groups excluding carboxylic acids is 2. The average molecular weight is 229 g/mol. The van der Waals surface area contributed by atoms with Crippen molar-refractivity contribution < 1.29 is 13.7 Å². The standard InChI is InChI=1S/C8H10N4O4/c1-4(14)5-6(12(9)3-13)10-8(16)11(2)7(5)15/h3H,9H2,1-2H3,(H,10,16)/i1D3. The lowest BCUT2D eigenvalue weighted by molar-refractivity contribution is -0.107. The van der Waals surface area contributed by atoms with Gasteiger partial charge in [-0.1, -0.05) is 0 Å². The molecular weight excluding hydrogens is 216 g/mol. The first-order valence-electron chi connectivity index (χ1n) is 5.48. The summed E-state index contributed by atoms with van der Waals surface area (Å²) in [5, 5.41) is 0.252. The number of Topliss-reactive ketones (excluding diaryl/α,β-unsaturated/α-hetero) is 1. The Bertz CT molecular complexity index is 645. The molecule has 3 N–H and O–H groups in total. The number of H-pyrrole nitrogens is 1. The highest BCUT2D eigenvalue weighted by Gasteiger charge is 2.19.